The Morgan fingerprint density at radius 2 is 0.868 bits per heavy atom. The summed E-state index contributed by atoms with van der Waals surface area (Å²) in [6.07, 6.45) is 4.81. The summed E-state index contributed by atoms with van der Waals surface area (Å²) in [6, 6.07) is 0. The van der Waals surface area contributed by atoms with E-state index in [1.54, 1.807) is 6.92 Å². The van der Waals surface area contributed by atoms with Gasteiger partial charge in [-0.2, -0.15) is 0 Å². The van der Waals surface area contributed by atoms with Crippen LogP contribution in [0, 0.1) is 0 Å². The zero-order valence-electron chi connectivity index (χ0n) is 32.6. The predicted octanol–water partition coefficient (Wildman–Crippen LogP) is 3.95. The Labute approximate surface area is 316 Å². The molecule has 3 unspecified atom stereocenters. The van der Waals surface area contributed by atoms with Crippen LogP contribution in [0.5, 0.6) is 0 Å². The van der Waals surface area contributed by atoms with Gasteiger partial charge in [0.2, 0.25) is 0 Å². The number of carbonyl (C=O) groups excluding carboxylic acids is 2. The van der Waals surface area contributed by atoms with Gasteiger partial charge in [0.1, 0.15) is 62.0 Å². The molecule has 0 saturated carbocycles. The Hall–Kier alpha value is -1.46. The van der Waals surface area contributed by atoms with E-state index in [9.17, 15) is 40.2 Å². The highest BCUT2D eigenvalue weighted by molar-refractivity contribution is 5.69. The molecule has 2 aliphatic heterocycles. The number of hydrogen-bond acceptors (Lipinski definition) is 14. The Bertz CT molecular complexity index is 955. The number of carbonyl (C=O) groups is 2. The van der Waals surface area contributed by atoms with Crippen LogP contribution in [0.25, 0.3) is 0 Å². The fraction of sp³-hybridized carbons (Fsp3) is 0.949. The summed E-state index contributed by atoms with van der Waals surface area (Å²) < 4.78 is 33.2. The van der Waals surface area contributed by atoms with Gasteiger partial charge in [0.05, 0.1) is 12.7 Å². The molecule has 2 rings (SSSR count). The molecule has 0 aromatic heterocycles. The van der Waals surface area contributed by atoms with Crippen molar-refractivity contribution >= 4 is 11.9 Å². The van der Waals surface area contributed by atoms with E-state index in [4.69, 9.17) is 28.4 Å². The number of esters is 2. The average molecular weight is 765 g/mol. The van der Waals surface area contributed by atoms with Crippen molar-refractivity contribution in [3.63, 3.8) is 0 Å². The highest BCUT2D eigenvalue weighted by Gasteiger charge is 2.47. The standard InChI is InChI=1S/C39H72O14/c1-4-6-8-10-12-14-16-18-20-22-30(40)48-25-28-32(42)34(44)36(46)38(52-28)50-24-27(3)51-39-37(47)35(45)33(43)29(53-39)26-49-31(41)23-21-19-17-15-13-11-9-7-5-2/h27-29,32-39,42-47H,4-26H2,1-3H3/t27?,28-,29-,32-,33-,34+,35+,36-,37-,38?,39?/m1/s1. The van der Waals surface area contributed by atoms with Crippen molar-refractivity contribution in [2.45, 2.75) is 217 Å². The molecule has 6 N–H and O–H groups in total. The van der Waals surface area contributed by atoms with Crippen LogP contribution in [0.3, 0.4) is 0 Å². The molecule has 14 nitrogen and oxygen atoms in total. The first-order valence-electron chi connectivity index (χ1n) is 20.5. The van der Waals surface area contributed by atoms with Gasteiger partial charge in [0.15, 0.2) is 12.6 Å². The molecule has 0 amide bonds. The first-order chi connectivity index (χ1) is 25.5. The fourth-order valence-corrected chi connectivity index (χ4v) is 6.51. The second-order valence-electron chi connectivity index (χ2n) is 14.8. The van der Waals surface area contributed by atoms with Crippen molar-refractivity contribution < 1.29 is 68.6 Å². The molecule has 0 aromatic carbocycles. The van der Waals surface area contributed by atoms with Crippen LogP contribution in [0.4, 0.5) is 0 Å². The lowest BCUT2D eigenvalue weighted by Crippen LogP contribution is -2.60. The number of ether oxygens (including phenoxy) is 6. The molecule has 2 aliphatic rings. The second-order valence-corrected chi connectivity index (χ2v) is 14.8. The molecule has 14 heteroatoms. The van der Waals surface area contributed by atoms with Gasteiger partial charge in [-0.05, 0) is 19.8 Å². The first kappa shape index (κ1) is 47.7. The maximum Gasteiger partial charge on any atom is 0.305 e. The van der Waals surface area contributed by atoms with E-state index in [1.807, 2.05) is 0 Å². The van der Waals surface area contributed by atoms with E-state index in [-0.39, 0.29) is 32.7 Å². The van der Waals surface area contributed by atoms with E-state index in [0.29, 0.717) is 12.8 Å². The minimum atomic E-state index is -1.65. The maximum atomic E-state index is 12.3. The summed E-state index contributed by atoms with van der Waals surface area (Å²) in [5, 5.41) is 62.7. The van der Waals surface area contributed by atoms with Crippen molar-refractivity contribution in [3.8, 4) is 0 Å². The topological polar surface area (TPSA) is 211 Å². The third-order valence-electron chi connectivity index (χ3n) is 9.98. The Morgan fingerprint density at radius 1 is 0.509 bits per heavy atom. The predicted molar refractivity (Wildman–Crippen MR) is 195 cm³/mol. The lowest BCUT2D eigenvalue weighted by Gasteiger charge is -2.41. The molecular formula is C39H72O14. The monoisotopic (exact) mass is 764 g/mol. The summed E-state index contributed by atoms with van der Waals surface area (Å²) in [4.78, 5) is 24.6. The average Bonchev–Trinajstić information content (AvgIpc) is 3.14. The second kappa shape index (κ2) is 28.0. The highest BCUT2D eigenvalue weighted by Crippen LogP contribution is 2.26. The molecule has 0 bridgehead atoms. The quantitative estimate of drug-likeness (QED) is 0.0471. The van der Waals surface area contributed by atoms with Crippen LogP contribution >= 0.6 is 0 Å². The molecular weight excluding hydrogens is 692 g/mol. The summed E-state index contributed by atoms with van der Waals surface area (Å²) in [5.41, 5.74) is 0. The molecule has 0 aromatic rings. The zero-order chi connectivity index (χ0) is 39.0. The third-order valence-corrected chi connectivity index (χ3v) is 9.98. The third kappa shape index (κ3) is 18.8. The van der Waals surface area contributed by atoms with Crippen molar-refractivity contribution in [2.75, 3.05) is 19.8 Å². The molecule has 312 valence electrons. The molecule has 2 fully saturated rings. The molecule has 0 spiro atoms. The van der Waals surface area contributed by atoms with Gasteiger partial charge in [0, 0.05) is 12.8 Å². The number of hydrogen-bond donors (Lipinski definition) is 6. The van der Waals surface area contributed by atoms with Crippen LogP contribution < -0.4 is 0 Å². The van der Waals surface area contributed by atoms with Crippen molar-refractivity contribution in [1.29, 1.82) is 0 Å². The van der Waals surface area contributed by atoms with E-state index in [0.717, 1.165) is 38.5 Å². The van der Waals surface area contributed by atoms with Crippen molar-refractivity contribution in [3.05, 3.63) is 0 Å². The smallest absolute Gasteiger partial charge is 0.305 e. The molecule has 11 atom stereocenters. The van der Waals surface area contributed by atoms with Gasteiger partial charge < -0.3 is 59.1 Å². The molecule has 2 saturated heterocycles. The van der Waals surface area contributed by atoms with E-state index < -0.39 is 79.5 Å². The lowest BCUT2D eigenvalue weighted by atomic mass is 9.99. The molecule has 0 aliphatic carbocycles. The SMILES string of the molecule is CCCCCCCCCCCC(=O)OC[C@H]1OC(OCC(C)OC2O[C@H](COC(=O)CCCCCCCCCCC)[C@@H](O)[C@H](O)[C@H]2O)[C@H](O)[C@@H](O)[C@@H]1O. The van der Waals surface area contributed by atoms with Gasteiger partial charge in [-0.1, -0.05) is 117 Å². The van der Waals surface area contributed by atoms with Crippen molar-refractivity contribution in [1.82, 2.24) is 0 Å². The summed E-state index contributed by atoms with van der Waals surface area (Å²) >= 11 is 0. The van der Waals surface area contributed by atoms with Gasteiger partial charge in [-0.25, -0.2) is 0 Å². The van der Waals surface area contributed by atoms with Crippen LogP contribution in [0.15, 0.2) is 0 Å². The first-order valence-corrected chi connectivity index (χ1v) is 20.5. The normalized spacial score (nSPS) is 29.5. The molecule has 0 radical (unpaired) electrons. The Morgan fingerprint density at radius 3 is 1.28 bits per heavy atom. The zero-order valence-corrected chi connectivity index (χ0v) is 32.6. The Balaban J connectivity index is 1.71. The highest BCUT2D eigenvalue weighted by atomic mass is 16.7. The number of unbranched alkanes of at least 4 members (excludes halogenated alkanes) is 16. The van der Waals surface area contributed by atoms with Crippen LogP contribution in [0.2, 0.25) is 0 Å². The number of aliphatic hydroxyl groups excluding tert-OH is 6. The fourth-order valence-electron chi connectivity index (χ4n) is 6.51. The van der Waals surface area contributed by atoms with Crippen LogP contribution in [-0.2, 0) is 38.0 Å². The van der Waals surface area contributed by atoms with Gasteiger partial charge in [-0.3, -0.25) is 9.59 Å². The summed E-state index contributed by atoms with van der Waals surface area (Å²) in [5.74, 6) is -0.900. The number of rotatable bonds is 29. The molecule has 53 heavy (non-hydrogen) atoms. The minimum absolute atomic E-state index is 0.224. The maximum absolute atomic E-state index is 12.3. The Kier molecular flexibility index (Phi) is 25.2. The van der Waals surface area contributed by atoms with Gasteiger partial charge in [0.25, 0.3) is 0 Å². The van der Waals surface area contributed by atoms with E-state index in [2.05, 4.69) is 13.8 Å². The van der Waals surface area contributed by atoms with Crippen LogP contribution in [-0.4, -0.2) is 130 Å². The van der Waals surface area contributed by atoms with E-state index in [1.165, 1.54) is 64.2 Å². The largest absolute Gasteiger partial charge is 0.463 e. The number of aliphatic hydroxyl groups is 6. The summed E-state index contributed by atoms with van der Waals surface area (Å²) in [7, 11) is 0. The summed E-state index contributed by atoms with van der Waals surface area (Å²) in [6.45, 7) is 4.99. The van der Waals surface area contributed by atoms with Crippen molar-refractivity contribution in [2.24, 2.45) is 0 Å². The van der Waals surface area contributed by atoms with Crippen LogP contribution in [0.1, 0.15) is 149 Å². The van der Waals surface area contributed by atoms with E-state index >= 15 is 0 Å². The van der Waals surface area contributed by atoms with Gasteiger partial charge in [-0.15, -0.1) is 0 Å². The van der Waals surface area contributed by atoms with Gasteiger partial charge >= 0.3 is 11.9 Å². The molecule has 2 heterocycles. The lowest BCUT2D eigenvalue weighted by molar-refractivity contribution is -0.327. The minimum Gasteiger partial charge on any atom is -0.463 e.